The second-order valence-corrected chi connectivity index (χ2v) is 26.1. The van der Waals surface area contributed by atoms with Crippen LogP contribution >= 0.6 is 0 Å². The molecule has 0 saturated carbocycles. The number of benzene rings is 9. The standard InChI is InChI=1S/C73H69BN2/c1-13-69(5,6)45-31-32-62-52(34-45)53-36-47(71(9,10)15-3)39-60-65(53)75(62)67-51(44-30-29-42-23-17-18-24-43(42)33-44)41-59-68-63(67)74(60)61-40-48(72(11,12)16-4)37-55-54-35-46(70(7,8)14-2)38-58(64(54)76(68)66(55)61)73(59)56-27-21-19-25-49(56)50-26-20-22-28-57(50)73/h17-41H,13-16H2,1-12H3. The summed E-state index contributed by atoms with van der Waals surface area (Å²) >= 11 is 0. The zero-order valence-electron chi connectivity index (χ0n) is 46.7. The molecule has 0 fully saturated rings. The zero-order valence-corrected chi connectivity index (χ0v) is 46.7. The van der Waals surface area contributed by atoms with Gasteiger partial charge in [-0.1, -0.05) is 192 Å². The molecule has 15 rings (SSSR count). The van der Waals surface area contributed by atoms with Crippen LogP contribution in [-0.4, -0.2) is 15.8 Å². The first kappa shape index (κ1) is 46.2. The molecule has 0 amide bonds. The topological polar surface area (TPSA) is 9.86 Å². The van der Waals surface area contributed by atoms with Crippen LogP contribution in [0.25, 0.3) is 88.0 Å². The number of rotatable bonds is 9. The molecule has 76 heavy (non-hydrogen) atoms. The molecule has 11 aromatic rings. The van der Waals surface area contributed by atoms with Gasteiger partial charge in [0, 0.05) is 43.8 Å². The van der Waals surface area contributed by atoms with Crippen LogP contribution in [0.15, 0.2) is 152 Å². The van der Waals surface area contributed by atoms with E-state index < -0.39 is 5.41 Å². The van der Waals surface area contributed by atoms with Crippen LogP contribution in [0, 0.1) is 0 Å². The van der Waals surface area contributed by atoms with Crippen molar-refractivity contribution in [1.29, 1.82) is 0 Å². The molecule has 0 N–H and O–H groups in total. The van der Waals surface area contributed by atoms with Crippen molar-refractivity contribution in [2.24, 2.45) is 0 Å². The summed E-state index contributed by atoms with van der Waals surface area (Å²) in [4.78, 5) is 0. The van der Waals surface area contributed by atoms with Crippen LogP contribution in [0.1, 0.15) is 153 Å². The van der Waals surface area contributed by atoms with Gasteiger partial charge in [-0.25, -0.2) is 0 Å². The molecule has 0 unspecified atom stereocenters. The first-order valence-electron chi connectivity index (χ1n) is 28.7. The van der Waals surface area contributed by atoms with Gasteiger partial charge in [-0.05, 0) is 178 Å². The van der Waals surface area contributed by atoms with E-state index in [9.17, 15) is 0 Å². The van der Waals surface area contributed by atoms with Crippen LogP contribution in [0.2, 0.25) is 0 Å². The van der Waals surface area contributed by atoms with Crippen LogP contribution in [0.4, 0.5) is 0 Å². The van der Waals surface area contributed by atoms with Crippen molar-refractivity contribution in [3.63, 3.8) is 0 Å². The fraction of sp³-hybridized carbons (Fsp3) is 0.288. The van der Waals surface area contributed by atoms with Crippen LogP contribution in [0.3, 0.4) is 0 Å². The molecule has 0 atom stereocenters. The van der Waals surface area contributed by atoms with Gasteiger partial charge >= 0.3 is 0 Å². The van der Waals surface area contributed by atoms with E-state index in [0.717, 1.165) is 25.7 Å². The van der Waals surface area contributed by atoms with Gasteiger partial charge in [0.2, 0.25) is 0 Å². The highest BCUT2D eigenvalue weighted by Gasteiger charge is 2.55. The molecular weight excluding hydrogens is 916 g/mol. The number of hydrogen-bond acceptors (Lipinski definition) is 0. The molecule has 2 aromatic heterocycles. The summed E-state index contributed by atoms with van der Waals surface area (Å²) in [5.74, 6) is 0. The van der Waals surface area contributed by atoms with E-state index in [1.165, 1.54) is 149 Å². The normalized spacial score (nSPS) is 14.9. The smallest absolute Gasteiger partial charge is 0.252 e. The first-order chi connectivity index (χ1) is 36.5. The van der Waals surface area contributed by atoms with Gasteiger partial charge in [0.1, 0.15) is 0 Å². The van der Waals surface area contributed by atoms with Crippen molar-refractivity contribution in [2.45, 2.75) is 136 Å². The summed E-state index contributed by atoms with van der Waals surface area (Å²) in [6.45, 7) is 29.1. The Morgan fingerprint density at radius 3 is 1.49 bits per heavy atom. The van der Waals surface area contributed by atoms with E-state index in [-0.39, 0.29) is 28.4 Å². The highest BCUT2D eigenvalue weighted by Crippen LogP contribution is 2.63. The quantitative estimate of drug-likeness (QED) is 0.128. The van der Waals surface area contributed by atoms with Crippen molar-refractivity contribution < 1.29 is 0 Å². The van der Waals surface area contributed by atoms with Gasteiger partial charge in [0.05, 0.1) is 22.1 Å². The molecule has 9 aromatic carbocycles. The maximum Gasteiger partial charge on any atom is 0.252 e. The highest BCUT2D eigenvalue weighted by atomic mass is 15.1. The van der Waals surface area contributed by atoms with Crippen molar-refractivity contribution in [1.82, 2.24) is 9.13 Å². The molecule has 3 aliphatic heterocycles. The van der Waals surface area contributed by atoms with Gasteiger partial charge in [-0.3, -0.25) is 0 Å². The second kappa shape index (κ2) is 15.1. The molecule has 4 aliphatic rings. The lowest BCUT2D eigenvalue weighted by Crippen LogP contribution is -2.61. The largest absolute Gasteiger partial charge is 0.310 e. The summed E-state index contributed by atoms with van der Waals surface area (Å²) in [7, 11) is 0. The molecule has 1 aliphatic carbocycles. The van der Waals surface area contributed by atoms with E-state index >= 15 is 0 Å². The van der Waals surface area contributed by atoms with E-state index in [4.69, 9.17) is 0 Å². The molecule has 0 radical (unpaired) electrons. The van der Waals surface area contributed by atoms with Crippen molar-refractivity contribution in [3.05, 3.63) is 196 Å². The van der Waals surface area contributed by atoms with E-state index in [1.807, 2.05) is 0 Å². The van der Waals surface area contributed by atoms with Crippen molar-refractivity contribution in [3.8, 4) is 33.6 Å². The Kier molecular flexibility index (Phi) is 9.18. The lowest BCUT2D eigenvalue weighted by Gasteiger charge is -2.45. The maximum atomic E-state index is 2.83. The minimum Gasteiger partial charge on any atom is -0.310 e. The number of nitrogens with zero attached hydrogens (tertiary/aromatic N) is 2. The highest BCUT2D eigenvalue weighted by molar-refractivity contribution is 7.00. The lowest BCUT2D eigenvalue weighted by molar-refractivity contribution is 0.505. The van der Waals surface area contributed by atoms with Crippen LogP contribution < -0.4 is 16.4 Å². The predicted octanol–water partition coefficient (Wildman–Crippen LogP) is 17.3. The van der Waals surface area contributed by atoms with Crippen molar-refractivity contribution in [2.75, 3.05) is 0 Å². The van der Waals surface area contributed by atoms with E-state index in [1.54, 1.807) is 0 Å². The Hall–Kier alpha value is -7.10. The van der Waals surface area contributed by atoms with Gasteiger partial charge in [0.15, 0.2) is 0 Å². The molecule has 3 heteroatoms. The molecule has 0 bridgehead atoms. The molecular formula is C73H69BN2. The van der Waals surface area contributed by atoms with Gasteiger partial charge < -0.3 is 9.13 Å². The molecule has 5 heterocycles. The minimum atomic E-state index is -0.611. The average molecular weight is 985 g/mol. The molecule has 1 spiro atoms. The zero-order chi connectivity index (χ0) is 52.3. The van der Waals surface area contributed by atoms with Crippen LogP contribution in [0.5, 0.6) is 0 Å². The lowest BCUT2D eigenvalue weighted by atomic mass is 9.33. The Bertz CT molecular complexity index is 4360. The fourth-order valence-electron chi connectivity index (χ4n) is 14.8. The second-order valence-electron chi connectivity index (χ2n) is 26.1. The third-order valence-corrected chi connectivity index (χ3v) is 21.0. The van der Waals surface area contributed by atoms with E-state index in [0.29, 0.717) is 0 Å². The summed E-state index contributed by atoms with van der Waals surface area (Å²) in [5, 5.41) is 8.05. The fourth-order valence-corrected chi connectivity index (χ4v) is 14.8. The number of aromatic nitrogens is 2. The van der Waals surface area contributed by atoms with Gasteiger partial charge in [-0.15, -0.1) is 0 Å². The number of fused-ring (bicyclic) bond motifs is 15. The maximum absolute atomic E-state index is 2.83. The molecule has 374 valence electrons. The molecule has 2 nitrogen and oxygen atoms in total. The Morgan fingerprint density at radius 2 is 0.882 bits per heavy atom. The SMILES string of the molecule is CCC(C)(C)c1ccc2c(c1)c1cc(C(C)(C)CC)cc3c1n2-c1c(-c2ccc4ccccc4c2)cc2c4c1B3c1cc(C(C)(C)CC)cc3c5cc(C(C)(C)CC)cc(c5n-4c13)C21c2ccccc2-c2ccccc21. The Morgan fingerprint density at radius 1 is 0.382 bits per heavy atom. The number of hydrogen-bond donors (Lipinski definition) is 0. The minimum absolute atomic E-state index is 0.0272. The Labute approximate surface area is 449 Å². The summed E-state index contributed by atoms with van der Waals surface area (Å²) in [5.41, 5.74) is 28.2. The van der Waals surface area contributed by atoms with E-state index in [2.05, 4.69) is 244 Å². The Balaban J connectivity index is 1.25. The summed E-state index contributed by atoms with van der Waals surface area (Å²) in [6, 6.07) is 61.4. The third kappa shape index (κ3) is 5.59. The van der Waals surface area contributed by atoms with Gasteiger partial charge in [0.25, 0.3) is 6.71 Å². The first-order valence-corrected chi connectivity index (χ1v) is 28.7. The monoisotopic (exact) mass is 985 g/mol. The molecule has 0 saturated heterocycles. The van der Waals surface area contributed by atoms with Gasteiger partial charge in [-0.2, -0.15) is 0 Å². The van der Waals surface area contributed by atoms with Crippen molar-refractivity contribution >= 4 is 77.5 Å². The summed E-state index contributed by atoms with van der Waals surface area (Å²) in [6.07, 6.45) is 4.20. The third-order valence-electron chi connectivity index (χ3n) is 21.0. The summed E-state index contributed by atoms with van der Waals surface area (Å²) < 4.78 is 5.61. The predicted molar refractivity (Wildman–Crippen MR) is 327 cm³/mol. The average Bonchev–Trinajstić information content (AvgIpc) is 4.26. The van der Waals surface area contributed by atoms with Crippen LogP contribution in [-0.2, 0) is 27.1 Å².